The smallest absolute Gasteiger partial charge is 0.341 e. The number of methoxy groups -OCH3 is 1. The first kappa shape index (κ1) is 20.2. The lowest BCUT2D eigenvalue weighted by Crippen LogP contribution is -2.50. The third-order valence-electron chi connectivity index (χ3n) is 4.61. The Balaban J connectivity index is 1.60. The topological polar surface area (TPSA) is 96.4 Å². The van der Waals surface area contributed by atoms with Crippen molar-refractivity contribution in [3.63, 3.8) is 0 Å². The minimum Gasteiger partial charge on any atom is -0.497 e. The average molecular weight is 398 g/mol. The van der Waals surface area contributed by atoms with Crippen molar-refractivity contribution in [1.82, 2.24) is 9.80 Å². The lowest BCUT2D eigenvalue weighted by Gasteiger charge is -2.35. The van der Waals surface area contributed by atoms with Crippen LogP contribution >= 0.6 is 0 Å². The van der Waals surface area contributed by atoms with Crippen molar-refractivity contribution in [2.45, 2.75) is 0 Å². The van der Waals surface area contributed by atoms with E-state index >= 15 is 0 Å². The van der Waals surface area contributed by atoms with Gasteiger partial charge in [0, 0.05) is 37.3 Å². The van der Waals surface area contributed by atoms with Gasteiger partial charge in [-0.3, -0.25) is 9.59 Å². The summed E-state index contributed by atoms with van der Waals surface area (Å²) in [6, 6.07) is 13.4. The van der Waals surface area contributed by atoms with Crippen molar-refractivity contribution in [1.29, 1.82) is 0 Å². The number of hydrogen-bond acceptors (Lipinski definition) is 5. The molecule has 0 aromatic heterocycles. The molecule has 1 fully saturated rings. The molecule has 152 valence electrons. The molecule has 2 amide bonds. The summed E-state index contributed by atoms with van der Waals surface area (Å²) in [5.41, 5.74) is 0.966. The fourth-order valence-electron chi connectivity index (χ4n) is 3.10. The number of aliphatic carboxylic acids is 1. The first-order valence-electron chi connectivity index (χ1n) is 9.15. The minimum absolute atomic E-state index is 0.0972. The first-order valence-corrected chi connectivity index (χ1v) is 9.15. The molecular formula is C21H22N2O6. The summed E-state index contributed by atoms with van der Waals surface area (Å²) in [4.78, 5) is 39.5. The van der Waals surface area contributed by atoms with E-state index in [0.717, 1.165) is 0 Å². The second kappa shape index (κ2) is 9.09. The summed E-state index contributed by atoms with van der Waals surface area (Å²) >= 11 is 0. The van der Waals surface area contributed by atoms with Crippen LogP contribution in [0, 0.1) is 0 Å². The van der Waals surface area contributed by atoms with Crippen molar-refractivity contribution in [3.8, 4) is 11.5 Å². The number of nitrogens with zero attached hydrogens (tertiary/aromatic N) is 2. The maximum atomic E-state index is 12.8. The molecule has 2 aromatic carbocycles. The maximum Gasteiger partial charge on any atom is 0.341 e. The molecular weight excluding hydrogens is 376 g/mol. The van der Waals surface area contributed by atoms with E-state index in [9.17, 15) is 14.4 Å². The monoisotopic (exact) mass is 398 g/mol. The van der Waals surface area contributed by atoms with Gasteiger partial charge in [-0.2, -0.15) is 0 Å². The lowest BCUT2D eigenvalue weighted by molar-refractivity contribution is -0.139. The van der Waals surface area contributed by atoms with Crippen LogP contribution in [-0.2, 0) is 4.79 Å². The number of carboxylic acid groups (broad SMARTS) is 1. The Hall–Kier alpha value is -3.55. The molecule has 1 aliphatic rings. The fraction of sp³-hybridized carbons (Fsp3) is 0.286. The normalized spacial score (nSPS) is 13.7. The van der Waals surface area contributed by atoms with Crippen LogP contribution in [0.1, 0.15) is 20.7 Å². The summed E-state index contributed by atoms with van der Waals surface area (Å²) in [5, 5.41) is 8.70. The van der Waals surface area contributed by atoms with Crippen molar-refractivity contribution in [2.75, 3.05) is 39.9 Å². The van der Waals surface area contributed by atoms with Gasteiger partial charge in [-0.1, -0.05) is 12.1 Å². The van der Waals surface area contributed by atoms with Crippen molar-refractivity contribution >= 4 is 17.8 Å². The number of benzene rings is 2. The molecule has 0 unspecified atom stereocenters. The predicted octanol–water partition coefficient (Wildman–Crippen LogP) is 1.76. The molecule has 1 aliphatic heterocycles. The van der Waals surface area contributed by atoms with Crippen LogP contribution in [0.25, 0.3) is 0 Å². The largest absolute Gasteiger partial charge is 0.497 e. The molecule has 1 saturated heterocycles. The summed E-state index contributed by atoms with van der Waals surface area (Å²) < 4.78 is 10.3. The van der Waals surface area contributed by atoms with E-state index in [1.807, 2.05) is 0 Å². The third-order valence-corrected chi connectivity index (χ3v) is 4.61. The number of amides is 2. The van der Waals surface area contributed by atoms with Crippen LogP contribution in [0.15, 0.2) is 48.5 Å². The molecule has 0 bridgehead atoms. The quantitative estimate of drug-likeness (QED) is 0.797. The average Bonchev–Trinajstić information content (AvgIpc) is 2.77. The zero-order chi connectivity index (χ0) is 20.8. The number of carboxylic acids is 1. The van der Waals surface area contributed by atoms with Gasteiger partial charge in [0.15, 0.2) is 6.61 Å². The van der Waals surface area contributed by atoms with Crippen LogP contribution in [0.4, 0.5) is 0 Å². The Morgan fingerprint density at radius 3 is 1.83 bits per heavy atom. The van der Waals surface area contributed by atoms with E-state index in [1.54, 1.807) is 59.4 Å². The Morgan fingerprint density at radius 1 is 0.862 bits per heavy atom. The van der Waals surface area contributed by atoms with Gasteiger partial charge >= 0.3 is 5.97 Å². The van der Waals surface area contributed by atoms with Crippen LogP contribution in [0.3, 0.4) is 0 Å². The highest BCUT2D eigenvalue weighted by atomic mass is 16.5. The molecule has 3 rings (SSSR count). The van der Waals surface area contributed by atoms with Crippen molar-refractivity contribution in [2.24, 2.45) is 0 Å². The fourth-order valence-corrected chi connectivity index (χ4v) is 3.10. The summed E-state index contributed by atoms with van der Waals surface area (Å²) in [6.07, 6.45) is 0. The Bertz CT molecular complexity index is 906. The lowest BCUT2D eigenvalue weighted by atomic mass is 10.1. The van der Waals surface area contributed by atoms with Gasteiger partial charge in [-0.15, -0.1) is 0 Å². The van der Waals surface area contributed by atoms with E-state index in [-0.39, 0.29) is 11.8 Å². The zero-order valence-corrected chi connectivity index (χ0v) is 16.0. The van der Waals surface area contributed by atoms with Gasteiger partial charge in [0.2, 0.25) is 0 Å². The van der Waals surface area contributed by atoms with Gasteiger partial charge in [-0.25, -0.2) is 4.79 Å². The van der Waals surface area contributed by atoms with E-state index < -0.39 is 12.6 Å². The molecule has 8 nitrogen and oxygen atoms in total. The van der Waals surface area contributed by atoms with Gasteiger partial charge < -0.3 is 24.4 Å². The van der Waals surface area contributed by atoms with Gasteiger partial charge in [0.25, 0.3) is 11.8 Å². The highest BCUT2D eigenvalue weighted by Gasteiger charge is 2.26. The third kappa shape index (κ3) is 5.04. The Kier molecular flexibility index (Phi) is 6.33. The molecule has 0 aliphatic carbocycles. The summed E-state index contributed by atoms with van der Waals surface area (Å²) in [7, 11) is 1.55. The number of carbonyl (C=O) groups excluding carboxylic acids is 2. The summed E-state index contributed by atoms with van der Waals surface area (Å²) in [6.45, 7) is 1.21. The number of piperazine rings is 1. The molecule has 0 saturated carbocycles. The van der Waals surface area contributed by atoms with Crippen LogP contribution in [0.5, 0.6) is 11.5 Å². The standard InChI is InChI=1S/C21H22N2O6/c1-28-17-6-2-4-15(12-17)20(26)22-8-10-23(11-9-22)21(27)16-5-3-7-18(13-16)29-14-19(24)25/h2-7,12-13H,8-11,14H2,1H3,(H,24,25). The van der Waals surface area contributed by atoms with E-state index in [0.29, 0.717) is 48.8 Å². The van der Waals surface area contributed by atoms with Crippen molar-refractivity contribution < 1.29 is 29.0 Å². The maximum absolute atomic E-state index is 12.8. The van der Waals surface area contributed by atoms with E-state index in [2.05, 4.69) is 0 Å². The molecule has 0 spiro atoms. The van der Waals surface area contributed by atoms with Crippen molar-refractivity contribution in [3.05, 3.63) is 59.7 Å². The SMILES string of the molecule is COc1cccc(C(=O)N2CCN(C(=O)c3cccc(OCC(=O)O)c3)CC2)c1. The Labute approximate surface area is 168 Å². The number of rotatable bonds is 6. The highest BCUT2D eigenvalue weighted by Crippen LogP contribution is 2.18. The predicted molar refractivity (Wildman–Crippen MR) is 104 cm³/mol. The Morgan fingerprint density at radius 2 is 1.34 bits per heavy atom. The van der Waals surface area contributed by atoms with Crippen LogP contribution in [-0.4, -0.2) is 72.6 Å². The zero-order valence-electron chi connectivity index (χ0n) is 16.0. The molecule has 8 heteroatoms. The second-order valence-electron chi connectivity index (χ2n) is 6.53. The first-order chi connectivity index (χ1) is 14.0. The highest BCUT2D eigenvalue weighted by molar-refractivity contribution is 5.96. The molecule has 29 heavy (non-hydrogen) atoms. The number of ether oxygens (including phenoxy) is 2. The van der Waals surface area contributed by atoms with Crippen LogP contribution < -0.4 is 9.47 Å². The molecule has 2 aromatic rings. The molecule has 0 atom stereocenters. The molecule has 1 N–H and O–H groups in total. The summed E-state index contributed by atoms with van der Waals surface area (Å²) in [5.74, 6) is -0.419. The van der Waals surface area contributed by atoms with E-state index in [4.69, 9.17) is 14.6 Å². The van der Waals surface area contributed by atoms with Crippen LogP contribution in [0.2, 0.25) is 0 Å². The van der Waals surface area contributed by atoms with Gasteiger partial charge in [-0.05, 0) is 36.4 Å². The van der Waals surface area contributed by atoms with Gasteiger partial charge in [0.05, 0.1) is 7.11 Å². The van der Waals surface area contributed by atoms with E-state index in [1.165, 1.54) is 6.07 Å². The second-order valence-corrected chi connectivity index (χ2v) is 6.53. The van der Waals surface area contributed by atoms with Gasteiger partial charge in [0.1, 0.15) is 11.5 Å². The minimum atomic E-state index is -1.08. The molecule has 0 radical (unpaired) electrons. The number of hydrogen-bond donors (Lipinski definition) is 1. The molecule has 1 heterocycles. The number of carbonyl (C=O) groups is 3.